The van der Waals surface area contributed by atoms with Crippen LogP contribution in [0.1, 0.15) is 46.5 Å². The zero-order valence-electron chi connectivity index (χ0n) is 12.4. The topological polar surface area (TPSA) is 64.1 Å². The molecule has 110 valence electrons. The third kappa shape index (κ3) is 4.47. The summed E-state index contributed by atoms with van der Waals surface area (Å²) in [6.45, 7) is 5.71. The van der Waals surface area contributed by atoms with Gasteiger partial charge in [0.05, 0.1) is 5.92 Å². The number of anilines is 1. The molecular formula is C15H23N3O2. The van der Waals surface area contributed by atoms with Gasteiger partial charge in [-0.1, -0.05) is 6.42 Å². The molecule has 2 rings (SSSR count). The van der Waals surface area contributed by atoms with Gasteiger partial charge in [0, 0.05) is 18.4 Å². The summed E-state index contributed by atoms with van der Waals surface area (Å²) in [7, 11) is 0. The molecule has 1 aliphatic rings. The van der Waals surface area contributed by atoms with Crippen LogP contribution in [0.5, 0.6) is 0 Å². The van der Waals surface area contributed by atoms with Crippen LogP contribution in [0.3, 0.4) is 0 Å². The number of esters is 1. The molecular weight excluding hydrogens is 254 g/mol. The fourth-order valence-corrected chi connectivity index (χ4v) is 2.48. The first-order chi connectivity index (χ1) is 9.44. The summed E-state index contributed by atoms with van der Waals surface area (Å²) in [4.78, 5) is 20.5. The van der Waals surface area contributed by atoms with Gasteiger partial charge in [-0.05, 0) is 46.1 Å². The Morgan fingerprint density at radius 1 is 1.30 bits per heavy atom. The van der Waals surface area contributed by atoms with Gasteiger partial charge in [0.15, 0.2) is 0 Å². The van der Waals surface area contributed by atoms with E-state index in [9.17, 15) is 4.79 Å². The molecule has 0 bridgehead atoms. The molecule has 1 N–H and O–H groups in total. The molecule has 1 heterocycles. The van der Waals surface area contributed by atoms with Crippen LogP contribution < -0.4 is 5.32 Å². The highest BCUT2D eigenvalue weighted by Gasteiger charge is 2.30. The summed E-state index contributed by atoms with van der Waals surface area (Å²) < 4.78 is 5.48. The van der Waals surface area contributed by atoms with Crippen molar-refractivity contribution >= 4 is 11.9 Å². The van der Waals surface area contributed by atoms with E-state index in [2.05, 4.69) is 15.3 Å². The molecule has 5 nitrogen and oxygen atoms in total. The number of carbonyl (C=O) groups excluding carboxylic acids is 1. The van der Waals surface area contributed by atoms with Crippen molar-refractivity contribution in [1.82, 2.24) is 9.97 Å². The minimum atomic E-state index is -0.417. The summed E-state index contributed by atoms with van der Waals surface area (Å²) in [6, 6.07) is 2.03. The van der Waals surface area contributed by atoms with Gasteiger partial charge in [-0.3, -0.25) is 4.79 Å². The van der Waals surface area contributed by atoms with Crippen molar-refractivity contribution in [3.63, 3.8) is 0 Å². The second kappa shape index (κ2) is 6.20. The highest BCUT2D eigenvalue weighted by molar-refractivity contribution is 5.73. The Hall–Kier alpha value is -1.65. The SMILES string of the molecule is CC(C)(C)OC(=O)[C@H]1CCC[C@@H](Nc2ncccn2)C1. The van der Waals surface area contributed by atoms with Crippen LogP contribution in [0.25, 0.3) is 0 Å². The van der Waals surface area contributed by atoms with E-state index in [1.54, 1.807) is 18.5 Å². The van der Waals surface area contributed by atoms with Crippen molar-refractivity contribution in [2.24, 2.45) is 5.92 Å². The number of carbonyl (C=O) groups is 1. The van der Waals surface area contributed by atoms with Crippen molar-refractivity contribution in [2.45, 2.75) is 58.1 Å². The summed E-state index contributed by atoms with van der Waals surface area (Å²) in [6.07, 6.45) is 7.18. The minimum Gasteiger partial charge on any atom is -0.460 e. The molecule has 1 aliphatic carbocycles. The maximum absolute atomic E-state index is 12.1. The standard InChI is InChI=1S/C15H23N3O2/c1-15(2,3)20-13(19)11-6-4-7-12(10-11)18-14-16-8-5-9-17-14/h5,8-9,11-12H,4,6-7,10H2,1-3H3,(H,16,17,18)/t11-,12+/m0/s1. The molecule has 1 saturated carbocycles. The van der Waals surface area contributed by atoms with E-state index in [0.717, 1.165) is 25.7 Å². The molecule has 1 fully saturated rings. The fraction of sp³-hybridized carbons (Fsp3) is 0.667. The molecule has 0 aliphatic heterocycles. The van der Waals surface area contributed by atoms with Crippen LogP contribution in [0, 0.1) is 5.92 Å². The van der Waals surface area contributed by atoms with E-state index in [1.807, 2.05) is 20.8 Å². The van der Waals surface area contributed by atoms with E-state index < -0.39 is 5.60 Å². The molecule has 1 aromatic heterocycles. The van der Waals surface area contributed by atoms with E-state index in [0.29, 0.717) is 5.95 Å². The molecule has 2 atom stereocenters. The van der Waals surface area contributed by atoms with Crippen LogP contribution in [-0.4, -0.2) is 27.6 Å². The monoisotopic (exact) mass is 277 g/mol. The number of ether oxygens (including phenoxy) is 1. The van der Waals surface area contributed by atoms with Gasteiger partial charge in [-0.15, -0.1) is 0 Å². The third-order valence-electron chi connectivity index (χ3n) is 3.31. The molecule has 0 saturated heterocycles. The Kier molecular flexibility index (Phi) is 4.57. The van der Waals surface area contributed by atoms with Gasteiger partial charge >= 0.3 is 5.97 Å². The number of hydrogen-bond acceptors (Lipinski definition) is 5. The summed E-state index contributed by atoms with van der Waals surface area (Å²) in [5.74, 6) is 0.518. The van der Waals surface area contributed by atoms with Crippen molar-refractivity contribution in [2.75, 3.05) is 5.32 Å². The number of nitrogens with one attached hydrogen (secondary N) is 1. The molecule has 20 heavy (non-hydrogen) atoms. The zero-order valence-corrected chi connectivity index (χ0v) is 12.4. The predicted octanol–water partition coefficient (Wildman–Crippen LogP) is 2.79. The van der Waals surface area contributed by atoms with Crippen LogP contribution in [0.15, 0.2) is 18.5 Å². The second-order valence-electron chi connectivity index (χ2n) is 6.31. The predicted molar refractivity (Wildman–Crippen MR) is 77.2 cm³/mol. The first-order valence-corrected chi connectivity index (χ1v) is 7.20. The Morgan fingerprint density at radius 3 is 2.65 bits per heavy atom. The first-order valence-electron chi connectivity index (χ1n) is 7.20. The minimum absolute atomic E-state index is 0.0239. The second-order valence-corrected chi connectivity index (χ2v) is 6.31. The van der Waals surface area contributed by atoms with Gasteiger partial charge in [-0.2, -0.15) is 0 Å². The van der Waals surface area contributed by atoms with Crippen molar-refractivity contribution in [1.29, 1.82) is 0 Å². The van der Waals surface area contributed by atoms with Crippen LogP contribution in [0.2, 0.25) is 0 Å². The van der Waals surface area contributed by atoms with E-state index in [-0.39, 0.29) is 17.9 Å². The Labute approximate surface area is 120 Å². The van der Waals surface area contributed by atoms with E-state index in [1.165, 1.54) is 0 Å². The third-order valence-corrected chi connectivity index (χ3v) is 3.31. The Morgan fingerprint density at radius 2 is 2.00 bits per heavy atom. The average Bonchev–Trinajstić information content (AvgIpc) is 2.38. The lowest BCUT2D eigenvalue weighted by atomic mass is 9.85. The quantitative estimate of drug-likeness (QED) is 0.861. The maximum atomic E-state index is 12.1. The van der Waals surface area contributed by atoms with Crippen LogP contribution in [-0.2, 0) is 9.53 Å². The fourth-order valence-electron chi connectivity index (χ4n) is 2.48. The van der Waals surface area contributed by atoms with Crippen molar-refractivity contribution in [3.8, 4) is 0 Å². The lowest BCUT2D eigenvalue weighted by Gasteiger charge is -2.30. The van der Waals surface area contributed by atoms with E-state index in [4.69, 9.17) is 4.74 Å². The molecule has 0 aromatic carbocycles. The number of rotatable bonds is 3. The maximum Gasteiger partial charge on any atom is 0.309 e. The van der Waals surface area contributed by atoms with Crippen molar-refractivity contribution in [3.05, 3.63) is 18.5 Å². The molecule has 0 spiro atoms. The zero-order chi connectivity index (χ0) is 14.6. The Balaban J connectivity index is 1.90. The molecule has 0 amide bonds. The lowest BCUT2D eigenvalue weighted by molar-refractivity contribution is -0.161. The Bertz CT molecular complexity index is 442. The smallest absolute Gasteiger partial charge is 0.309 e. The largest absolute Gasteiger partial charge is 0.460 e. The van der Waals surface area contributed by atoms with Crippen LogP contribution >= 0.6 is 0 Å². The van der Waals surface area contributed by atoms with Gasteiger partial charge in [0.2, 0.25) is 5.95 Å². The summed E-state index contributed by atoms with van der Waals surface area (Å²) in [5.41, 5.74) is -0.417. The number of hydrogen-bond donors (Lipinski definition) is 1. The van der Waals surface area contributed by atoms with Gasteiger partial charge in [0.1, 0.15) is 5.60 Å². The number of nitrogens with zero attached hydrogens (tertiary/aromatic N) is 2. The van der Waals surface area contributed by atoms with Gasteiger partial charge in [0.25, 0.3) is 0 Å². The molecule has 1 aromatic rings. The molecule has 0 radical (unpaired) electrons. The molecule has 5 heteroatoms. The first kappa shape index (κ1) is 14.8. The summed E-state index contributed by atoms with van der Waals surface area (Å²) >= 11 is 0. The average molecular weight is 277 g/mol. The van der Waals surface area contributed by atoms with Crippen LogP contribution in [0.4, 0.5) is 5.95 Å². The van der Waals surface area contributed by atoms with Gasteiger partial charge in [-0.25, -0.2) is 9.97 Å². The van der Waals surface area contributed by atoms with Crippen molar-refractivity contribution < 1.29 is 9.53 Å². The molecule has 0 unspecified atom stereocenters. The lowest BCUT2D eigenvalue weighted by Crippen LogP contribution is -2.35. The highest BCUT2D eigenvalue weighted by Crippen LogP contribution is 2.28. The number of aromatic nitrogens is 2. The van der Waals surface area contributed by atoms with E-state index >= 15 is 0 Å². The summed E-state index contributed by atoms with van der Waals surface area (Å²) in [5, 5.41) is 3.30. The van der Waals surface area contributed by atoms with Gasteiger partial charge < -0.3 is 10.1 Å². The normalized spacial score (nSPS) is 23.1. The highest BCUT2D eigenvalue weighted by atomic mass is 16.6.